The van der Waals surface area contributed by atoms with Gasteiger partial charge in [0, 0.05) is 5.39 Å². The van der Waals surface area contributed by atoms with Crippen LogP contribution in [0, 0.1) is 0 Å². The maximum Gasteiger partial charge on any atom is 0.252 e. The molecule has 6 heteroatoms. The average Bonchev–Trinajstić information content (AvgIpc) is 2.66. The van der Waals surface area contributed by atoms with Gasteiger partial charge in [0.25, 0.3) is 5.91 Å². The molecule has 0 saturated carbocycles. The van der Waals surface area contributed by atoms with Crippen LogP contribution in [0.4, 0.5) is 5.82 Å². The van der Waals surface area contributed by atoms with E-state index in [1.165, 1.54) is 0 Å². The summed E-state index contributed by atoms with van der Waals surface area (Å²) in [5, 5.41) is 0.986. The molecule has 0 spiro atoms. The number of nitrogen functional groups attached to an aromatic ring is 1. The molecule has 1 atom stereocenters. The zero-order chi connectivity index (χ0) is 19.2. The normalized spacial score (nSPS) is 11.9. The van der Waals surface area contributed by atoms with E-state index in [4.69, 9.17) is 20.9 Å². The van der Waals surface area contributed by atoms with Gasteiger partial charge >= 0.3 is 0 Å². The molecule has 0 bridgehead atoms. The largest absolute Gasteiger partial charge is 0.493 e. The zero-order valence-corrected chi connectivity index (χ0v) is 15.2. The molecule has 27 heavy (non-hydrogen) atoms. The van der Waals surface area contributed by atoms with Crippen molar-refractivity contribution in [3.63, 3.8) is 0 Å². The van der Waals surface area contributed by atoms with Gasteiger partial charge in [0.2, 0.25) is 0 Å². The quantitative estimate of drug-likeness (QED) is 0.595. The lowest BCUT2D eigenvalue weighted by atomic mass is 10.2. The van der Waals surface area contributed by atoms with Crippen molar-refractivity contribution in [2.24, 2.45) is 5.73 Å². The molecule has 0 aliphatic carbocycles. The number of fused-ring (bicyclic) bond motifs is 1. The van der Waals surface area contributed by atoms with Crippen molar-refractivity contribution in [2.45, 2.75) is 25.9 Å². The third-order valence-electron chi connectivity index (χ3n) is 4.20. The number of rotatable bonds is 8. The number of anilines is 1. The lowest BCUT2D eigenvalue weighted by Crippen LogP contribution is -2.15. The van der Waals surface area contributed by atoms with Gasteiger partial charge in [-0.1, -0.05) is 24.3 Å². The van der Waals surface area contributed by atoms with Crippen molar-refractivity contribution in [3.05, 3.63) is 60.2 Å². The highest BCUT2D eigenvalue weighted by molar-refractivity contribution is 5.95. The fourth-order valence-corrected chi connectivity index (χ4v) is 2.85. The Hall–Kier alpha value is -3.28. The van der Waals surface area contributed by atoms with E-state index in [0.29, 0.717) is 29.5 Å². The van der Waals surface area contributed by atoms with Gasteiger partial charge in [-0.25, -0.2) is 4.98 Å². The fraction of sp³-hybridized carbons (Fsp3) is 0.238. The summed E-state index contributed by atoms with van der Waals surface area (Å²) >= 11 is 0. The van der Waals surface area contributed by atoms with E-state index in [1.807, 2.05) is 37.3 Å². The molecule has 0 radical (unpaired) electrons. The minimum atomic E-state index is -0.495. The number of carbonyl (C=O) groups excluding carboxylic acids is 1. The molecule has 4 N–H and O–H groups in total. The molecule has 0 aliphatic rings. The minimum absolute atomic E-state index is 0.0196. The molecule has 3 aromatic rings. The van der Waals surface area contributed by atoms with E-state index in [9.17, 15) is 4.79 Å². The molecule has 1 amide bonds. The Morgan fingerprint density at radius 3 is 2.67 bits per heavy atom. The SMILES string of the molecule is CC(CCCOc1ccccc1C(N)=O)Oc1cccc2ccc(N)nc12. The predicted molar refractivity (Wildman–Crippen MR) is 106 cm³/mol. The van der Waals surface area contributed by atoms with Crippen LogP contribution in [0.25, 0.3) is 10.9 Å². The van der Waals surface area contributed by atoms with Crippen LogP contribution in [-0.2, 0) is 0 Å². The molecule has 1 unspecified atom stereocenters. The molecule has 3 rings (SSSR count). The number of aromatic nitrogens is 1. The maximum atomic E-state index is 11.4. The number of nitrogens with two attached hydrogens (primary N) is 2. The molecule has 1 heterocycles. The number of carbonyl (C=O) groups is 1. The van der Waals surface area contributed by atoms with Gasteiger partial charge in [-0.05, 0) is 50.1 Å². The highest BCUT2D eigenvalue weighted by Gasteiger charge is 2.11. The summed E-state index contributed by atoms with van der Waals surface area (Å²) in [7, 11) is 0. The number of hydrogen-bond acceptors (Lipinski definition) is 5. The molecule has 140 valence electrons. The van der Waals surface area contributed by atoms with Crippen LogP contribution >= 0.6 is 0 Å². The first kappa shape index (κ1) is 18.5. The van der Waals surface area contributed by atoms with Crippen molar-refractivity contribution in [1.82, 2.24) is 4.98 Å². The van der Waals surface area contributed by atoms with Crippen LogP contribution in [0.2, 0.25) is 0 Å². The Morgan fingerprint density at radius 2 is 1.85 bits per heavy atom. The second kappa shape index (κ2) is 8.40. The van der Waals surface area contributed by atoms with E-state index in [-0.39, 0.29) is 6.10 Å². The first-order valence-electron chi connectivity index (χ1n) is 8.88. The molecule has 2 aromatic carbocycles. The van der Waals surface area contributed by atoms with Crippen LogP contribution in [0.15, 0.2) is 54.6 Å². The van der Waals surface area contributed by atoms with Gasteiger partial charge < -0.3 is 20.9 Å². The number of amides is 1. The van der Waals surface area contributed by atoms with E-state index in [2.05, 4.69) is 4.98 Å². The number of ether oxygens (including phenoxy) is 2. The van der Waals surface area contributed by atoms with Gasteiger partial charge in [0.1, 0.15) is 22.8 Å². The van der Waals surface area contributed by atoms with Crippen LogP contribution in [0.5, 0.6) is 11.5 Å². The molecule has 0 aliphatic heterocycles. The summed E-state index contributed by atoms with van der Waals surface area (Å²) < 4.78 is 11.7. The summed E-state index contributed by atoms with van der Waals surface area (Å²) in [5.74, 6) is 1.19. The van der Waals surface area contributed by atoms with E-state index >= 15 is 0 Å². The summed E-state index contributed by atoms with van der Waals surface area (Å²) in [4.78, 5) is 15.8. The Morgan fingerprint density at radius 1 is 1.07 bits per heavy atom. The Balaban J connectivity index is 1.54. The molecule has 0 saturated heterocycles. The molecular formula is C21H23N3O3. The van der Waals surface area contributed by atoms with Gasteiger partial charge in [0.15, 0.2) is 0 Å². The van der Waals surface area contributed by atoms with E-state index in [0.717, 1.165) is 23.7 Å². The number of primary amides is 1. The van der Waals surface area contributed by atoms with Gasteiger partial charge in [-0.15, -0.1) is 0 Å². The number of benzene rings is 2. The summed E-state index contributed by atoms with van der Waals surface area (Å²) in [6.07, 6.45) is 1.54. The summed E-state index contributed by atoms with van der Waals surface area (Å²) in [5.41, 5.74) is 12.3. The minimum Gasteiger partial charge on any atom is -0.493 e. The number of nitrogens with zero attached hydrogens (tertiary/aromatic N) is 1. The van der Waals surface area contributed by atoms with Crippen LogP contribution in [0.3, 0.4) is 0 Å². The van der Waals surface area contributed by atoms with Crippen LogP contribution in [-0.4, -0.2) is 23.6 Å². The molecule has 6 nitrogen and oxygen atoms in total. The number of hydrogen-bond donors (Lipinski definition) is 2. The molecular weight excluding hydrogens is 342 g/mol. The van der Waals surface area contributed by atoms with Crippen LogP contribution < -0.4 is 20.9 Å². The predicted octanol–water partition coefficient (Wildman–Crippen LogP) is 3.54. The van der Waals surface area contributed by atoms with Gasteiger partial charge in [-0.2, -0.15) is 0 Å². The average molecular weight is 365 g/mol. The monoisotopic (exact) mass is 365 g/mol. The summed E-state index contributed by atoms with van der Waals surface area (Å²) in [6.45, 7) is 2.47. The highest BCUT2D eigenvalue weighted by atomic mass is 16.5. The van der Waals surface area contributed by atoms with Crippen molar-refractivity contribution in [3.8, 4) is 11.5 Å². The number of pyridine rings is 1. The second-order valence-corrected chi connectivity index (χ2v) is 6.34. The van der Waals surface area contributed by atoms with Crippen molar-refractivity contribution < 1.29 is 14.3 Å². The summed E-state index contributed by atoms with van der Waals surface area (Å²) in [6, 6.07) is 16.5. The Bertz CT molecular complexity index is 943. The zero-order valence-electron chi connectivity index (χ0n) is 15.2. The van der Waals surface area contributed by atoms with Crippen LogP contribution in [0.1, 0.15) is 30.1 Å². The smallest absolute Gasteiger partial charge is 0.252 e. The third-order valence-corrected chi connectivity index (χ3v) is 4.20. The highest BCUT2D eigenvalue weighted by Crippen LogP contribution is 2.26. The topological polar surface area (TPSA) is 100 Å². The first-order chi connectivity index (χ1) is 13.0. The fourth-order valence-electron chi connectivity index (χ4n) is 2.85. The van der Waals surface area contributed by atoms with Crippen molar-refractivity contribution in [2.75, 3.05) is 12.3 Å². The lowest BCUT2D eigenvalue weighted by molar-refractivity contribution is 0.0996. The van der Waals surface area contributed by atoms with Gasteiger partial charge in [-0.3, -0.25) is 4.79 Å². The van der Waals surface area contributed by atoms with Gasteiger partial charge in [0.05, 0.1) is 18.3 Å². The lowest BCUT2D eigenvalue weighted by Gasteiger charge is -2.16. The number of para-hydroxylation sites is 2. The standard InChI is InChI=1S/C21H23N3O3/c1-14(6-5-13-26-17-9-3-2-8-16(17)21(23)25)27-18-10-4-7-15-11-12-19(22)24-20(15)18/h2-4,7-12,14H,5-6,13H2,1H3,(H2,22,24)(H2,23,25). The van der Waals surface area contributed by atoms with Crippen molar-refractivity contribution >= 4 is 22.6 Å². The Kier molecular flexibility index (Phi) is 5.76. The maximum absolute atomic E-state index is 11.4. The molecule has 1 aromatic heterocycles. The van der Waals surface area contributed by atoms with Crippen molar-refractivity contribution in [1.29, 1.82) is 0 Å². The third kappa shape index (κ3) is 4.67. The molecule has 0 fully saturated rings. The van der Waals surface area contributed by atoms with E-state index < -0.39 is 5.91 Å². The van der Waals surface area contributed by atoms with E-state index in [1.54, 1.807) is 24.3 Å². The second-order valence-electron chi connectivity index (χ2n) is 6.34. The Labute approximate surface area is 158 Å². The first-order valence-corrected chi connectivity index (χ1v) is 8.88.